The number of urea groups is 1. The van der Waals surface area contributed by atoms with Crippen LogP contribution in [-0.2, 0) is 20.8 Å². The monoisotopic (exact) mass is 493 g/mol. The van der Waals surface area contributed by atoms with Crippen LogP contribution in [-0.4, -0.2) is 56.2 Å². The number of carbonyl (C=O) groups excluding carboxylic acids is 2. The number of likely N-dealkylation sites (N-methyl/N-ethyl adjacent to an activating group) is 1. The molecule has 36 heavy (non-hydrogen) atoms. The third-order valence-corrected chi connectivity index (χ3v) is 5.59. The Kier molecular flexibility index (Phi) is 9.32. The number of nitrogens with zero attached hydrogens (tertiary/aromatic N) is 2. The molecule has 1 aromatic rings. The van der Waals surface area contributed by atoms with E-state index >= 15 is 0 Å². The van der Waals surface area contributed by atoms with E-state index in [0.29, 0.717) is 42.6 Å². The Morgan fingerprint density at radius 3 is 2.61 bits per heavy atom. The highest BCUT2D eigenvalue weighted by Crippen LogP contribution is 2.25. The lowest BCUT2D eigenvalue weighted by Crippen LogP contribution is -2.45. The van der Waals surface area contributed by atoms with Crippen LogP contribution in [0.15, 0.2) is 76.8 Å². The van der Waals surface area contributed by atoms with Gasteiger partial charge < -0.3 is 25.0 Å². The van der Waals surface area contributed by atoms with Gasteiger partial charge in [0.2, 0.25) is 5.96 Å². The fraction of sp³-hybridized carbons (Fsp3) is 0.370. The van der Waals surface area contributed by atoms with E-state index in [1.165, 1.54) is 12.7 Å². The minimum Gasteiger partial charge on any atom is -0.488 e. The normalized spacial score (nSPS) is 19.5. The Morgan fingerprint density at radius 1 is 1.19 bits per heavy atom. The number of guanidine groups is 1. The van der Waals surface area contributed by atoms with Gasteiger partial charge in [0.25, 0.3) is 0 Å². The lowest BCUT2D eigenvalue weighted by molar-refractivity contribution is -0.135. The molecule has 3 N–H and O–H groups in total. The second-order valence-electron chi connectivity index (χ2n) is 8.78. The van der Waals surface area contributed by atoms with Crippen LogP contribution in [0.2, 0.25) is 0 Å². The molecule has 1 aliphatic carbocycles. The molecule has 2 amide bonds. The minimum absolute atomic E-state index is 0.00950. The smallest absolute Gasteiger partial charge is 0.339 e. The van der Waals surface area contributed by atoms with Gasteiger partial charge in [0.15, 0.2) is 0 Å². The Balaban J connectivity index is 1.70. The quantitative estimate of drug-likeness (QED) is 0.306. The minimum atomic E-state index is -0.406. The van der Waals surface area contributed by atoms with Gasteiger partial charge >= 0.3 is 12.0 Å². The summed E-state index contributed by atoms with van der Waals surface area (Å²) in [6.07, 6.45) is 9.01. The van der Waals surface area contributed by atoms with Gasteiger partial charge in [-0.3, -0.25) is 5.32 Å². The van der Waals surface area contributed by atoms with Crippen molar-refractivity contribution >= 4 is 18.0 Å². The van der Waals surface area contributed by atoms with E-state index in [-0.39, 0.29) is 18.1 Å². The molecule has 0 saturated carbocycles. The molecule has 0 fully saturated rings. The molecule has 1 aromatic carbocycles. The maximum Gasteiger partial charge on any atom is 0.339 e. The van der Waals surface area contributed by atoms with E-state index in [4.69, 9.17) is 9.47 Å². The second kappa shape index (κ2) is 12.6. The molecule has 2 unspecified atom stereocenters. The number of aliphatic imine (C=N–C) groups is 1. The lowest BCUT2D eigenvalue weighted by atomic mass is 9.98. The van der Waals surface area contributed by atoms with Crippen molar-refractivity contribution in [2.75, 3.05) is 27.2 Å². The summed E-state index contributed by atoms with van der Waals surface area (Å²) >= 11 is 0. The summed E-state index contributed by atoms with van der Waals surface area (Å²) in [6.45, 7) is 7.50. The summed E-state index contributed by atoms with van der Waals surface area (Å²) in [5.41, 5.74) is 3.40. The first-order valence-electron chi connectivity index (χ1n) is 12.0. The van der Waals surface area contributed by atoms with Gasteiger partial charge in [-0.25, -0.2) is 14.6 Å². The second-order valence-corrected chi connectivity index (χ2v) is 8.78. The number of rotatable bonds is 7. The average Bonchev–Trinajstić information content (AvgIpc) is 2.84. The molecule has 9 nitrogen and oxygen atoms in total. The fourth-order valence-corrected chi connectivity index (χ4v) is 3.72. The van der Waals surface area contributed by atoms with E-state index in [9.17, 15) is 9.59 Å². The van der Waals surface area contributed by atoms with Gasteiger partial charge in [-0.2, -0.15) is 0 Å². The third-order valence-electron chi connectivity index (χ3n) is 5.59. The zero-order valence-electron chi connectivity index (χ0n) is 21.5. The largest absolute Gasteiger partial charge is 0.488 e. The lowest BCUT2D eigenvalue weighted by Gasteiger charge is -2.28. The maximum atomic E-state index is 12.2. The molecule has 192 valence electrons. The average molecular weight is 494 g/mol. The molecular formula is C27H35N5O4. The van der Waals surface area contributed by atoms with Crippen LogP contribution in [0.5, 0.6) is 0 Å². The SMILES string of the molecule is CCNC(=O)N/C(=N\C1=CC(C)C(OC2=CC(C(=O)OC)=CN(C)C2)C=C1)NCc1ccc(C)cc1. The zero-order chi connectivity index (χ0) is 26.1. The topological polar surface area (TPSA) is 104 Å². The molecule has 9 heteroatoms. The highest BCUT2D eigenvalue weighted by molar-refractivity contribution is 5.96. The van der Waals surface area contributed by atoms with Crippen LogP contribution >= 0.6 is 0 Å². The first-order valence-corrected chi connectivity index (χ1v) is 12.0. The number of hydrogen-bond donors (Lipinski definition) is 3. The summed E-state index contributed by atoms with van der Waals surface area (Å²) in [5.74, 6) is 0.640. The zero-order valence-corrected chi connectivity index (χ0v) is 21.5. The Labute approximate surface area is 212 Å². The van der Waals surface area contributed by atoms with Gasteiger partial charge in [0, 0.05) is 32.3 Å². The van der Waals surface area contributed by atoms with Gasteiger partial charge in [-0.1, -0.05) is 42.8 Å². The molecule has 0 aromatic heterocycles. The number of benzene rings is 1. The number of amides is 2. The van der Waals surface area contributed by atoms with E-state index in [2.05, 4.69) is 20.9 Å². The van der Waals surface area contributed by atoms with Gasteiger partial charge in [-0.05, 0) is 37.6 Å². The molecule has 1 aliphatic heterocycles. The number of aryl methyl sites for hydroxylation is 1. The molecule has 0 radical (unpaired) electrons. The Bertz CT molecular complexity index is 1100. The molecule has 2 aliphatic rings. The first-order chi connectivity index (χ1) is 17.3. The molecule has 2 atom stereocenters. The Morgan fingerprint density at radius 2 is 1.94 bits per heavy atom. The van der Waals surface area contributed by atoms with E-state index in [0.717, 1.165) is 5.56 Å². The highest BCUT2D eigenvalue weighted by atomic mass is 16.5. The fourth-order valence-electron chi connectivity index (χ4n) is 3.72. The van der Waals surface area contributed by atoms with Crippen molar-refractivity contribution < 1.29 is 19.1 Å². The predicted molar refractivity (Wildman–Crippen MR) is 140 cm³/mol. The van der Waals surface area contributed by atoms with Crippen LogP contribution in [0.25, 0.3) is 0 Å². The predicted octanol–water partition coefficient (Wildman–Crippen LogP) is 3.12. The molecule has 0 saturated heterocycles. The summed E-state index contributed by atoms with van der Waals surface area (Å²) in [7, 11) is 3.23. The van der Waals surface area contributed by atoms with Crippen molar-refractivity contribution in [2.45, 2.75) is 33.4 Å². The standard InChI is InChI=1S/C27H35N5O4/c1-6-28-27(34)31-26(29-15-20-9-7-18(2)8-10-20)30-22-11-12-24(19(3)13-22)36-23-14-21(25(33)35-5)16-32(4)17-23/h7-14,16,19,24H,6,15,17H2,1-5H3,(H3,28,29,30,31,34). The molecule has 0 spiro atoms. The number of carbonyl (C=O) groups is 2. The summed E-state index contributed by atoms with van der Waals surface area (Å²) in [5, 5.41) is 8.72. The molecular weight excluding hydrogens is 458 g/mol. The van der Waals surface area contributed by atoms with Crippen molar-refractivity contribution in [3.8, 4) is 0 Å². The molecule has 1 heterocycles. The van der Waals surface area contributed by atoms with Crippen LogP contribution in [0.1, 0.15) is 25.0 Å². The summed E-state index contributed by atoms with van der Waals surface area (Å²) in [6, 6.07) is 7.83. The molecule has 3 rings (SSSR count). The first kappa shape index (κ1) is 26.6. The third kappa shape index (κ3) is 7.76. The number of ether oxygens (including phenoxy) is 2. The Hall–Kier alpha value is -4.01. The highest BCUT2D eigenvalue weighted by Gasteiger charge is 2.23. The maximum absolute atomic E-state index is 12.2. The van der Waals surface area contributed by atoms with E-state index in [1.807, 2.05) is 75.2 Å². The van der Waals surface area contributed by atoms with Crippen molar-refractivity contribution in [1.82, 2.24) is 20.9 Å². The van der Waals surface area contributed by atoms with Gasteiger partial charge in [0.05, 0.1) is 24.9 Å². The van der Waals surface area contributed by atoms with Crippen LogP contribution < -0.4 is 16.0 Å². The van der Waals surface area contributed by atoms with Crippen molar-refractivity contribution in [3.05, 3.63) is 82.9 Å². The van der Waals surface area contributed by atoms with Crippen molar-refractivity contribution in [2.24, 2.45) is 10.9 Å². The summed E-state index contributed by atoms with van der Waals surface area (Å²) in [4.78, 5) is 30.6. The van der Waals surface area contributed by atoms with Gasteiger partial charge in [-0.15, -0.1) is 0 Å². The number of nitrogens with one attached hydrogen (secondary N) is 3. The van der Waals surface area contributed by atoms with Crippen LogP contribution in [0, 0.1) is 12.8 Å². The number of methoxy groups -OCH3 is 1. The summed E-state index contributed by atoms with van der Waals surface area (Å²) < 4.78 is 11.0. The van der Waals surface area contributed by atoms with Crippen LogP contribution in [0.4, 0.5) is 4.79 Å². The van der Waals surface area contributed by atoms with E-state index < -0.39 is 5.97 Å². The number of allylic oxidation sites excluding steroid dienone is 1. The number of hydrogen-bond acceptors (Lipinski definition) is 6. The number of esters is 1. The van der Waals surface area contributed by atoms with E-state index in [1.54, 1.807) is 12.3 Å². The van der Waals surface area contributed by atoms with Crippen molar-refractivity contribution in [1.29, 1.82) is 0 Å². The van der Waals surface area contributed by atoms with Crippen molar-refractivity contribution in [3.63, 3.8) is 0 Å². The molecule has 0 bridgehead atoms. The van der Waals surface area contributed by atoms with Gasteiger partial charge in [0.1, 0.15) is 11.9 Å². The van der Waals surface area contributed by atoms with Crippen LogP contribution in [0.3, 0.4) is 0 Å².